The first-order valence-corrected chi connectivity index (χ1v) is 10.3. The number of methoxy groups -OCH3 is 2. The summed E-state index contributed by atoms with van der Waals surface area (Å²) >= 11 is 6.44. The van der Waals surface area contributed by atoms with Crippen LogP contribution in [0.3, 0.4) is 0 Å². The minimum atomic E-state index is -0.274. The number of rotatable bonds is 9. The van der Waals surface area contributed by atoms with Gasteiger partial charge >= 0.3 is 6.03 Å². The van der Waals surface area contributed by atoms with Gasteiger partial charge in [-0.1, -0.05) is 17.7 Å². The monoisotopic (exact) mass is 443 g/mol. The molecule has 0 spiro atoms. The first kappa shape index (κ1) is 22.7. The standard InChI is InChI=1S/C23H26ClN3O4/c1-4-31-20-8-9-21-16(13-20)12-17(22(24)26-21)15-27(10-11-29-2)23(28)25-18-6-5-7-19(14-18)30-3/h5-9,12-14H,4,10-11,15H2,1-3H3,(H,25,28). The number of nitrogens with zero attached hydrogens (tertiary/aromatic N) is 2. The summed E-state index contributed by atoms with van der Waals surface area (Å²) in [6, 6.07) is 14.5. The molecule has 0 aliphatic rings. The van der Waals surface area contributed by atoms with Crippen molar-refractivity contribution in [2.24, 2.45) is 0 Å². The lowest BCUT2D eigenvalue weighted by Crippen LogP contribution is -2.37. The van der Waals surface area contributed by atoms with E-state index in [0.717, 1.165) is 22.2 Å². The summed E-state index contributed by atoms with van der Waals surface area (Å²) < 4.78 is 16.0. The number of carbonyl (C=O) groups excluding carboxylic acids is 1. The maximum absolute atomic E-state index is 13.0. The number of anilines is 1. The van der Waals surface area contributed by atoms with Gasteiger partial charge in [0, 0.05) is 36.4 Å². The Morgan fingerprint density at radius 1 is 1.13 bits per heavy atom. The zero-order chi connectivity index (χ0) is 22.2. The van der Waals surface area contributed by atoms with Gasteiger partial charge in [-0.3, -0.25) is 0 Å². The van der Waals surface area contributed by atoms with Gasteiger partial charge in [-0.2, -0.15) is 0 Å². The van der Waals surface area contributed by atoms with Gasteiger partial charge in [0.05, 0.1) is 32.4 Å². The SMILES string of the molecule is CCOc1ccc2nc(Cl)c(CN(CCOC)C(=O)Nc3cccc(OC)c3)cc2c1. The molecule has 3 aromatic rings. The van der Waals surface area contributed by atoms with Crippen molar-refractivity contribution < 1.29 is 19.0 Å². The van der Waals surface area contributed by atoms with Crippen LogP contribution in [0.5, 0.6) is 11.5 Å². The van der Waals surface area contributed by atoms with E-state index >= 15 is 0 Å². The van der Waals surface area contributed by atoms with Crippen molar-refractivity contribution in [2.45, 2.75) is 13.5 Å². The van der Waals surface area contributed by atoms with Crippen molar-refractivity contribution in [3.8, 4) is 11.5 Å². The Bertz CT molecular complexity index is 1040. The molecule has 31 heavy (non-hydrogen) atoms. The molecule has 164 valence electrons. The average Bonchev–Trinajstić information content (AvgIpc) is 2.77. The Morgan fingerprint density at radius 2 is 1.97 bits per heavy atom. The molecule has 7 nitrogen and oxygen atoms in total. The fourth-order valence-electron chi connectivity index (χ4n) is 3.11. The molecule has 2 amide bonds. The lowest BCUT2D eigenvalue weighted by molar-refractivity contribution is 0.153. The van der Waals surface area contributed by atoms with Crippen molar-refractivity contribution in [1.82, 2.24) is 9.88 Å². The Labute approximate surface area is 186 Å². The zero-order valence-electron chi connectivity index (χ0n) is 17.9. The molecule has 0 unspecified atom stereocenters. The van der Waals surface area contributed by atoms with Crippen LogP contribution < -0.4 is 14.8 Å². The van der Waals surface area contributed by atoms with Crippen LogP contribution in [0.2, 0.25) is 5.15 Å². The summed E-state index contributed by atoms with van der Waals surface area (Å²) in [5.74, 6) is 1.42. The number of nitrogens with one attached hydrogen (secondary N) is 1. The first-order valence-electron chi connectivity index (χ1n) is 9.95. The molecule has 3 rings (SSSR count). The number of pyridine rings is 1. The smallest absolute Gasteiger partial charge is 0.322 e. The fourth-order valence-corrected chi connectivity index (χ4v) is 3.31. The maximum atomic E-state index is 13.0. The van der Waals surface area contributed by atoms with E-state index in [4.69, 9.17) is 25.8 Å². The van der Waals surface area contributed by atoms with Crippen LogP contribution in [0.1, 0.15) is 12.5 Å². The number of fused-ring (bicyclic) bond motifs is 1. The van der Waals surface area contributed by atoms with Crippen LogP contribution in [0, 0.1) is 0 Å². The number of amides is 2. The zero-order valence-corrected chi connectivity index (χ0v) is 18.6. The van der Waals surface area contributed by atoms with Crippen LogP contribution >= 0.6 is 11.6 Å². The minimum Gasteiger partial charge on any atom is -0.497 e. The molecule has 1 heterocycles. The molecule has 0 saturated heterocycles. The Balaban J connectivity index is 1.84. The van der Waals surface area contributed by atoms with Gasteiger partial charge in [-0.05, 0) is 43.3 Å². The predicted molar refractivity (Wildman–Crippen MR) is 122 cm³/mol. The summed E-state index contributed by atoms with van der Waals surface area (Å²) in [6.07, 6.45) is 0. The van der Waals surface area contributed by atoms with Gasteiger partial charge in [0.1, 0.15) is 16.7 Å². The normalized spacial score (nSPS) is 10.7. The molecule has 8 heteroatoms. The predicted octanol–water partition coefficient (Wildman–Crippen LogP) is 4.98. The number of carbonyl (C=O) groups is 1. The number of hydrogen-bond acceptors (Lipinski definition) is 5. The Kier molecular flexibility index (Phi) is 7.92. The lowest BCUT2D eigenvalue weighted by Gasteiger charge is -2.23. The maximum Gasteiger partial charge on any atom is 0.322 e. The van der Waals surface area contributed by atoms with Crippen molar-refractivity contribution in [2.75, 3.05) is 39.3 Å². The van der Waals surface area contributed by atoms with Crippen molar-refractivity contribution >= 4 is 34.2 Å². The average molecular weight is 444 g/mol. The largest absolute Gasteiger partial charge is 0.497 e. The number of halogens is 1. The van der Waals surface area contributed by atoms with Crippen molar-refractivity contribution in [1.29, 1.82) is 0 Å². The van der Waals surface area contributed by atoms with E-state index in [9.17, 15) is 4.79 Å². The number of hydrogen-bond donors (Lipinski definition) is 1. The highest BCUT2D eigenvalue weighted by atomic mass is 35.5. The molecule has 0 atom stereocenters. The Hall–Kier alpha value is -3.03. The second-order valence-electron chi connectivity index (χ2n) is 6.80. The number of aromatic nitrogens is 1. The number of benzene rings is 2. The second-order valence-corrected chi connectivity index (χ2v) is 7.16. The van der Waals surface area contributed by atoms with E-state index in [1.54, 1.807) is 31.3 Å². The third-order valence-electron chi connectivity index (χ3n) is 4.66. The van der Waals surface area contributed by atoms with Gasteiger partial charge in [0.15, 0.2) is 0 Å². The molecule has 0 bridgehead atoms. The third-order valence-corrected chi connectivity index (χ3v) is 4.99. The molecular weight excluding hydrogens is 418 g/mol. The van der Waals surface area contributed by atoms with E-state index in [2.05, 4.69) is 10.3 Å². The minimum absolute atomic E-state index is 0.274. The van der Waals surface area contributed by atoms with Gasteiger partial charge in [0.2, 0.25) is 0 Å². The van der Waals surface area contributed by atoms with Crippen molar-refractivity contribution in [3.63, 3.8) is 0 Å². The quantitative estimate of drug-likeness (QED) is 0.472. The molecule has 1 N–H and O–H groups in total. The summed E-state index contributed by atoms with van der Waals surface area (Å²) in [7, 11) is 3.18. The van der Waals surface area contributed by atoms with E-state index in [0.29, 0.717) is 36.3 Å². The molecule has 0 radical (unpaired) electrons. The molecule has 1 aromatic heterocycles. The fraction of sp³-hybridized carbons (Fsp3) is 0.304. The Morgan fingerprint density at radius 3 is 2.71 bits per heavy atom. The van der Waals surface area contributed by atoms with Gasteiger partial charge in [-0.15, -0.1) is 0 Å². The van der Waals surface area contributed by atoms with Crippen LogP contribution in [-0.4, -0.2) is 49.9 Å². The molecular formula is C23H26ClN3O4. The molecule has 0 saturated carbocycles. The van der Waals surface area contributed by atoms with Gasteiger partial charge < -0.3 is 24.4 Å². The van der Waals surface area contributed by atoms with Crippen LogP contribution in [-0.2, 0) is 11.3 Å². The molecule has 0 fully saturated rings. The highest BCUT2D eigenvalue weighted by Gasteiger charge is 2.17. The van der Waals surface area contributed by atoms with Crippen LogP contribution in [0.15, 0.2) is 48.5 Å². The van der Waals surface area contributed by atoms with E-state index in [1.807, 2.05) is 43.3 Å². The number of urea groups is 1. The van der Waals surface area contributed by atoms with E-state index in [-0.39, 0.29) is 12.6 Å². The summed E-state index contributed by atoms with van der Waals surface area (Å²) in [5.41, 5.74) is 2.14. The molecule has 0 aliphatic carbocycles. The van der Waals surface area contributed by atoms with Gasteiger partial charge in [0.25, 0.3) is 0 Å². The highest BCUT2D eigenvalue weighted by molar-refractivity contribution is 6.30. The van der Waals surface area contributed by atoms with Gasteiger partial charge in [-0.25, -0.2) is 9.78 Å². The topological polar surface area (TPSA) is 72.9 Å². The highest BCUT2D eigenvalue weighted by Crippen LogP contribution is 2.26. The molecule has 2 aromatic carbocycles. The second kappa shape index (κ2) is 10.8. The van der Waals surface area contributed by atoms with E-state index < -0.39 is 0 Å². The number of ether oxygens (including phenoxy) is 3. The summed E-state index contributed by atoms with van der Waals surface area (Å²) in [5, 5.41) is 4.14. The summed E-state index contributed by atoms with van der Waals surface area (Å²) in [6.45, 7) is 3.57. The van der Waals surface area contributed by atoms with Crippen molar-refractivity contribution in [3.05, 3.63) is 59.2 Å². The lowest BCUT2D eigenvalue weighted by atomic mass is 10.1. The first-order chi connectivity index (χ1) is 15.0. The summed E-state index contributed by atoms with van der Waals surface area (Å²) in [4.78, 5) is 19.1. The van der Waals surface area contributed by atoms with Crippen LogP contribution in [0.4, 0.5) is 10.5 Å². The third kappa shape index (κ3) is 5.99. The molecule has 0 aliphatic heterocycles. The van der Waals surface area contributed by atoms with Crippen LogP contribution in [0.25, 0.3) is 10.9 Å². The van der Waals surface area contributed by atoms with E-state index in [1.165, 1.54) is 0 Å².